The van der Waals surface area contributed by atoms with Crippen molar-refractivity contribution < 1.29 is 5.11 Å². The molecule has 1 aromatic rings. The minimum atomic E-state index is 0. The molecule has 0 radical (unpaired) electrons. The van der Waals surface area contributed by atoms with E-state index in [4.69, 9.17) is 4.99 Å². The topological polar surface area (TPSA) is 54.3 Å². The van der Waals surface area contributed by atoms with Gasteiger partial charge in [0, 0.05) is 45.8 Å². The van der Waals surface area contributed by atoms with Gasteiger partial charge in [-0.15, -0.1) is 24.0 Å². The molecule has 2 N–H and O–H groups in total. The molecule has 3 rings (SSSR count). The number of hydrogen-bond donors (Lipinski definition) is 2. The maximum absolute atomic E-state index is 10.1. The summed E-state index contributed by atoms with van der Waals surface area (Å²) < 4.78 is 0. The Morgan fingerprint density at radius 1 is 1.19 bits per heavy atom. The van der Waals surface area contributed by atoms with Crippen LogP contribution in [0.15, 0.2) is 29.3 Å². The van der Waals surface area contributed by atoms with Crippen molar-refractivity contribution in [3.63, 3.8) is 0 Å². The molecule has 2 heterocycles. The normalized spacial score (nSPS) is 21.7. The zero-order chi connectivity index (χ0) is 18.4. The summed E-state index contributed by atoms with van der Waals surface area (Å²) in [6.07, 6.45) is 2.57. The number of aliphatic imine (C=N–C) groups is 1. The third-order valence-electron chi connectivity index (χ3n) is 5.36. The predicted octanol–water partition coefficient (Wildman–Crippen LogP) is 2.44. The van der Waals surface area contributed by atoms with Gasteiger partial charge in [0.25, 0.3) is 0 Å². The lowest BCUT2D eigenvalue weighted by Crippen LogP contribution is -2.52. The fourth-order valence-electron chi connectivity index (χ4n) is 3.95. The average Bonchev–Trinajstić information content (AvgIpc) is 2.66. The van der Waals surface area contributed by atoms with E-state index in [1.54, 1.807) is 6.07 Å². The molecule has 2 aliphatic rings. The standard InChI is InChI=1S/C20H33N5O.HI/c1-3-21-20(22-15-17-7-6-10-23(2)16-17)25-13-11-24(12-14-25)18-8-4-5-9-19(18)26;/h4-5,8-9,17,26H,3,6-7,10-16H2,1-2H3,(H,21,22);1H. The van der Waals surface area contributed by atoms with Crippen LogP contribution < -0.4 is 10.2 Å². The quantitative estimate of drug-likeness (QED) is 0.388. The van der Waals surface area contributed by atoms with Gasteiger partial charge in [0.05, 0.1) is 5.69 Å². The Bertz CT molecular complexity index is 604. The molecule has 0 aromatic heterocycles. The predicted molar refractivity (Wildman–Crippen MR) is 124 cm³/mol. The molecule has 1 atom stereocenters. The van der Waals surface area contributed by atoms with Crippen LogP contribution in [0.3, 0.4) is 0 Å². The fourth-order valence-corrected chi connectivity index (χ4v) is 3.95. The number of hydrogen-bond acceptors (Lipinski definition) is 4. The van der Waals surface area contributed by atoms with Crippen LogP contribution in [0.25, 0.3) is 0 Å². The van der Waals surface area contributed by atoms with Gasteiger partial charge in [-0.3, -0.25) is 4.99 Å². The molecule has 152 valence electrons. The first-order valence-electron chi connectivity index (χ1n) is 9.92. The molecule has 0 aliphatic carbocycles. The summed E-state index contributed by atoms with van der Waals surface area (Å²) >= 11 is 0. The summed E-state index contributed by atoms with van der Waals surface area (Å²) in [6, 6.07) is 7.60. The van der Waals surface area contributed by atoms with Crippen LogP contribution in [-0.2, 0) is 0 Å². The molecule has 27 heavy (non-hydrogen) atoms. The van der Waals surface area contributed by atoms with E-state index in [0.717, 1.165) is 57.5 Å². The number of guanidine groups is 1. The monoisotopic (exact) mass is 487 g/mol. The third-order valence-corrected chi connectivity index (χ3v) is 5.36. The Hall–Kier alpha value is -1.22. The highest BCUT2D eigenvalue weighted by atomic mass is 127. The van der Waals surface area contributed by atoms with Gasteiger partial charge in [-0.2, -0.15) is 0 Å². The molecule has 2 fully saturated rings. The minimum Gasteiger partial charge on any atom is -0.506 e. The number of benzene rings is 1. The highest BCUT2D eigenvalue weighted by Gasteiger charge is 2.22. The van der Waals surface area contributed by atoms with Crippen molar-refractivity contribution in [1.29, 1.82) is 0 Å². The lowest BCUT2D eigenvalue weighted by atomic mass is 9.99. The van der Waals surface area contributed by atoms with E-state index in [9.17, 15) is 5.11 Å². The fraction of sp³-hybridized carbons (Fsp3) is 0.650. The molecule has 6 nitrogen and oxygen atoms in total. The van der Waals surface area contributed by atoms with Crippen LogP contribution in [0.4, 0.5) is 5.69 Å². The van der Waals surface area contributed by atoms with Gasteiger partial charge in [0.2, 0.25) is 0 Å². The zero-order valence-corrected chi connectivity index (χ0v) is 18.9. The van der Waals surface area contributed by atoms with Crippen molar-refractivity contribution in [2.24, 2.45) is 10.9 Å². The van der Waals surface area contributed by atoms with E-state index < -0.39 is 0 Å². The maximum atomic E-state index is 10.1. The summed E-state index contributed by atoms with van der Waals surface area (Å²) in [7, 11) is 2.21. The summed E-state index contributed by atoms with van der Waals surface area (Å²) in [5.41, 5.74) is 0.930. The van der Waals surface area contributed by atoms with Crippen molar-refractivity contribution in [1.82, 2.24) is 15.1 Å². The second-order valence-corrected chi connectivity index (χ2v) is 7.43. The maximum Gasteiger partial charge on any atom is 0.194 e. The van der Waals surface area contributed by atoms with Crippen LogP contribution in [0.5, 0.6) is 5.75 Å². The van der Waals surface area contributed by atoms with Gasteiger partial charge >= 0.3 is 0 Å². The third kappa shape index (κ3) is 6.14. The molecule has 0 saturated carbocycles. The van der Waals surface area contributed by atoms with Gasteiger partial charge in [-0.25, -0.2) is 0 Å². The van der Waals surface area contributed by atoms with E-state index in [2.05, 4.69) is 34.0 Å². The number of phenols is 1. The minimum absolute atomic E-state index is 0. The van der Waals surface area contributed by atoms with E-state index >= 15 is 0 Å². The summed E-state index contributed by atoms with van der Waals surface area (Å²) in [5.74, 6) is 2.07. The number of piperazine rings is 1. The Labute approximate surface area is 180 Å². The van der Waals surface area contributed by atoms with Gasteiger partial charge in [0.15, 0.2) is 5.96 Å². The molecule has 1 aromatic carbocycles. The number of halogens is 1. The molecule has 2 saturated heterocycles. The molecule has 0 bridgehead atoms. The first-order chi connectivity index (χ1) is 12.7. The number of aromatic hydroxyl groups is 1. The second kappa shape index (κ2) is 10.9. The number of piperidine rings is 1. The van der Waals surface area contributed by atoms with Crippen LogP contribution in [-0.4, -0.2) is 80.3 Å². The molecule has 0 spiro atoms. The van der Waals surface area contributed by atoms with Crippen molar-refractivity contribution in [3.8, 4) is 5.75 Å². The Morgan fingerprint density at radius 3 is 2.59 bits per heavy atom. The Kier molecular flexibility index (Phi) is 8.95. The average molecular weight is 487 g/mol. The summed E-state index contributed by atoms with van der Waals surface area (Å²) in [6.45, 7) is 9.94. The second-order valence-electron chi connectivity index (χ2n) is 7.43. The molecule has 2 aliphatic heterocycles. The smallest absolute Gasteiger partial charge is 0.194 e. The highest BCUT2D eigenvalue weighted by Crippen LogP contribution is 2.27. The number of likely N-dealkylation sites (tertiary alicyclic amines) is 1. The van der Waals surface area contributed by atoms with Crippen molar-refractivity contribution >= 4 is 35.6 Å². The van der Waals surface area contributed by atoms with Gasteiger partial charge in [-0.05, 0) is 51.4 Å². The number of rotatable bonds is 4. The number of anilines is 1. The first-order valence-corrected chi connectivity index (χ1v) is 9.92. The van der Waals surface area contributed by atoms with E-state index in [0.29, 0.717) is 11.7 Å². The van der Waals surface area contributed by atoms with Crippen LogP contribution in [0.1, 0.15) is 19.8 Å². The van der Waals surface area contributed by atoms with E-state index in [1.165, 1.54) is 19.4 Å². The van der Waals surface area contributed by atoms with Crippen LogP contribution in [0, 0.1) is 5.92 Å². The summed E-state index contributed by atoms with van der Waals surface area (Å²) in [4.78, 5) is 12.0. The number of nitrogens with zero attached hydrogens (tertiary/aromatic N) is 4. The highest BCUT2D eigenvalue weighted by molar-refractivity contribution is 14.0. The molecular weight excluding hydrogens is 453 g/mol. The molecule has 1 unspecified atom stereocenters. The van der Waals surface area contributed by atoms with Crippen LogP contribution >= 0.6 is 24.0 Å². The van der Waals surface area contributed by atoms with E-state index in [-0.39, 0.29) is 24.0 Å². The Morgan fingerprint density at radius 2 is 1.93 bits per heavy atom. The van der Waals surface area contributed by atoms with Gasteiger partial charge in [0.1, 0.15) is 5.75 Å². The zero-order valence-electron chi connectivity index (χ0n) is 16.6. The number of phenolic OH excluding ortho intramolecular Hbond substituents is 1. The van der Waals surface area contributed by atoms with Crippen LogP contribution in [0.2, 0.25) is 0 Å². The Balaban J connectivity index is 0.00000261. The molecule has 7 heteroatoms. The van der Waals surface area contributed by atoms with Crippen molar-refractivity contribution in [3.05, 3.63) is 24.3 Å². The lowest BCUT2D eigenvalue weighted by molar-refractivity contribution is 0.214. The summed E-state index contributed by atoms with van der Waals surface area (Å²) in [5, 5.41) is 13.5. The number of para-hydroxylation sites is 2. The molecule has 0 amide bonds. The number of nitrogens with one attached hydrogen (secondary N) is 1. The lowest BCUT2D eigenvalue weighted by Gasteiger charge is -2.38. The van der Waals surface area contributed by atoms with Gasteiger partial charge < -0.3 is 25.1 Å². The van der Waals surface area contributed by atoms with Gasteiger partial charge in [-0.1, -0.05) is 12.1 Å². The largest absolute Gasteiger partial charge is 0.506 e. The van der Waals surface area contributed by atoms with E-state index in [1.807, 2.05) is 18.2 Å². The molecular formula is C20H34IN5O. The first kappa shape index (κ1) is 22.1. The SMILES string of the molecule is CCNC(=NCC1CCCN(C)C1)N1CCN(c2ccccc2O)CC1.I. The van der Waals surface area contributed by atoms with Crippen molar-refractivity contribution in [2.75, 3.05) is 64.3 Å². The van der Waals surface area contributed by atoms with Crippen molar-refractivity contribution in [2.45, 2.75) is 19.8 Å².